The molecule has 5 aromatic carbocycles. The summed E-state index contributed by atoms with van der Waals surface area (Å²) in [6.07, 6.45) is -49.0. The summed E-state index contributed by atoms with van der Waals surface area (Å²) in [6.45, 7) is 0. The Labute approximate surface area is 349 Å². The van der Waals surface area contributed by atoms with Crippen molar-refractivity contribution in [3.05, 3.63) is 106 Å². The molecule has 0 aliphatic heterocycles. The largest absolute Gasteiger partial charge is 0.573 e. The molecule has 0 bridgehead atoms. The van der Waals surface area contributed by atoms with E-state index in [2.05, 4.69) is 9.47 Å². The highest BCUT2D eigenvalue weighted by molar-refractivity contribution is 5.90. The van der Waals surface area contributed by atoms with E-state index in [1.807, 2.05) is 0 Å². The Kier molecular flexibility index (Phi) is 12.4. The van der Waals surface area contributed by atoms with Crippen LogP contribution in [0.5, 0.6) is 11.5 Å². The number of rotatable bonds is 6. The van der Waals surface area contributed by atoms with E-state index in [0.717, 1.165) is 0 Å². The molecular weight excluding hydrogens is 972 g/mol. The SMILES string of the molecule is Nc1ccc(-c2cc(-c3cc(-c4cc(-c5ccc(N)cc5C(F)(F)F)c(C(F)(F)F)cc4C(F)(F)F)c(OC(F)(F)F)cc3OC(F)(F)F)c(C(F)(F)F)cc2C(F)(F)F)c(C(F)(F)F)c1. The normalized spacial score (nSPS) is 13.6. The smallest absolute Gasteiger partial charge is 0.405 e. The number of nitrogen functional groups attached to an aromatic ring is 2. The molecular formula is C38H16F24N2O2. The summed E-state index contributed by atoms with van der Waals surface area (Å²) in [4.78, 5) is 0. The summed E-state index contributed by atoms with van der Waals surface area (Å²) in [5, 5.41) is 0. The van der Waals surface area contributed by atoms with E-state index in [0.29, 0.717) is 12.1 Å². The van der Waals surface area contributed by atoms with Crippen molar-refractivity contribution in [2.24, 2.45) is 0 Å². The molecule has 0 aliphatic rings. The minimum absolute atomic E-state index is 0.0570. The summed E-state index contributed by atoms with van der Waals surface area (Å²) in [5.41, 5.74) is -22.7. The number of benzene rings is 5. The molecule has 0 unspecified atom stereocenters. The molecule has 0 aromatic heterocycles. The predicted octanol–water partition coefficient (Wildman–Crippen LogP) is 15.4. The third kappa shape index (κ3) is 11.0. The molecule has 0 amide bonds. The Morgan fingerprint density at radius 2 is 0.485 bits per heavy atom. The minimum Gasteiger partial charge on any atom is -0.405 e. The molecule has 0 fully saturated rings. The zero-order chi connectivity index (χ0) is 50.3. The summed E-state index contributed by atoms with van der Waals surface area (Å²) < 4.78 is 351. The second kappa shape index (κ2) is 16.2. The maximum Gasteiger partial charge on any atom is 0.573 e. The first-order valence-corrected chi connectivity index (χ1v) is 16.9. The molecule has 4 nitrogen and oxygen atoms in total. The number of ether oxygens (including phenoxy) is 2. The van der Waals surface area contributed by atoms with E-state index in [1.165, 1.54) is 0 Å². The molecule has 5 rings (SSSR count). The van der Waals surface area contributed by atoms with Gasteiger partial charge in [0.05, 0.1) is 33.4 Å². The van der Waals surface area contributed by atoms with Gasteiger partial charge in [-0.25, -0.2) is 0 Å². The molecule has 0 atom stereocenters. The van der Waals surface area contributed by atoms with Gasteiger partial charge in [-0.3, -0.25) is 0 Å². The van der Waals surface area contributed by atoms with Gasteiger partial charge in [0.15, 0.2) is 0 Å². The van der Waals surface area contributed by atoms with E-state index < -0.39 is 187 Å². The fourth-order valence-electron chi connectivity index (χ4n) is 6.49. The lowest BCUT2D eigenvalue weighted by molar-refractivity contribution is -0.276. The topological polar surface area (TPSA) is 70.5 Å². The highest BCUT2D eigenvalue weighted by Gasteiger charge is 2.47. The second-order valence-electron chi connectivity index (χ2n) is 13.4. The van der Waals surface area contributed by atoms with E-state index >= 15 is 0 Å². The van der Waals surface area contributed by atoms with Crippen LogP contribution in [0.4, 0.5) is 117 Å². The van der Waals surface area contributed by atoms with Gasteiger partial charge in [0.25, 0.3) is 0 Å². The van der Waals surface area contributed by atoms with Gasteiger partial charge in [0.1, 0.15) is 11.5 Å². The van der Waals surface area contributed by atoms with Crippen molar-refractivity contribution in [1.82, 2.24) is 0 Å². The average Bonchev–Trinajstić information content (AvgIpc) is 3.10. The molecule has 358 valence electrons. The summed E-state index contributed by atoms with van der Waals surface area (Å²) in [6, 6.07) is -3.50. The molecule has 66 heavy (non-hydrogen) atoms. The number of anilines is 2. The minimum atomic E-state index is -6.32. The van der Waals surface area contributed by atoms with Gasteiger partial charge in [-0.2, -0.15) is 79.0 Å². The zero-order valence-corrected chi connectivity index (χ0v) is 31.0. The lowest BCUT2D eigenvalue weighted by Crippen LogP contribution is -2.21. The van der Waals surface area contributed by atoms with Crippen LogP contribution < -0.4 is 20.9 Å². The first kappa shape index (κ1) is 50.6. The predicted molar refractivity (Wildman–Crippen MR) is 180 cm³/mol. The Hall–Kier alpha value is -6.38. The molecule has 4 N–H and O–H groups in total. The summed E-state index contributed by atoms with van der Waals surface area (Å²) >= 11 is 0. The van der Waals surface area contributed by atoms with E-state index in [-0.39, 0.29) is 24.3 Å². The van der Waals surface area contributed by atoms with E-state index in [1.54, 1.807) is 0 Å². The van der Waals surface area contributed by atoms with Crippen molar-refractivity contribution in [3.63, 3.8) is 0 Å². The highest BCUT2D eigenvalue weighted by atomic mass is 19.4. The van der Waals surface area contributed by atoms with Crippen LogP contribution in [0.1, 0.15) is 33.4 Å². The third-order valence-corrected chi connectivity index (χ3v) is 8.93. The fraction of sp³-hybridized carbons (Fsp3) is 0.211. The van der Waals surface area contributed by atoms with Gasteiger partial charge in [-0.05, 0) is 88.0 Å². The quantitative estimate of drug-likeness (QED) is 0.131. The fourth-order valence-corrected chi connectivity index (χ4v) is 6.49. The zero-order valence-electron chi connectivity index (χ0n) is 31.0. The van der Waals surface area contributed by atoms with Crippen molar-refractivity contribution in [2.75, 3.05) is 11.5 Å². The van der Waals surface area contributed by atoms with Crippen molar-refractivity contribution in [1.29, 1.82) is 0 Å². The third-order valence-electron chi connectivity index (χ3n) is 8.93. The van der Waals surface area contributed by atoms with Gasteiger partial charge >= 0.3 is 49.8 Å². The number of nitrogens with two attached hydrogens (primary N) is 2. The van der Waals surface area contributed by atoms with Gasteiger partial charge in [0.2, 0.25) is 0 Å². The maximum atomic E-state index is 14.8. The molecule has 0 heterocycles. The Morgan fingerprint density at radius 1 is 0.258 bits per heavy atom. The molecule has 0 radical (unpaired) electrons. The van der Waals surface area contributed by atoms with Crippen LogP contribution in [-0.2, 0) is 37.1 Å². The van der Waals surface area contributed by atoms with Crippen molar-refractivity contribution >= 4 is 11.4 Å². The molecule has 28 heteroatoms. The number of alkyl halides is 24. The Bertz CT molecular complexity index is 2480. The van der Waals surface area contributed by atoms with Gasteiger partial charge in [-0.1, -0.05) is 12.1 Å². The Morgan fingerprint density at radius 3 is 0.727 bits per heavy atom. The molecule has 0 saturated heterocycles. The van der Waals surface area contributed by atoms with Crippen LogP contribution in [0, 0.1) is 0 Å². The van der Waals surface area contributed by atoms with E-state index in [9.17, 15) is 105 Å². The monoisotopic (exact) mass is 988 g/mol. The van der Waals surface area contributed by atoms with Gasteiger partial charge in [0, 0.05) is 28.6 Å². The first-order chi connectivity index (χ1) is 29.6. The maximum absolute atomic E-state index is 14.8. The second-order valence-corrected chi connectivity index (χ2v) is 13.4. The van der Waals surface area contributed by atoms with Crippen LogP contribution in [0.25, 0.3) is 44.5 Å². The van der Waals surface area contributed by atoms with Crippen LogP contribution in [0.2, 0.25) is 0 Å². The lowest BCUT2D eigenvalue weighted by atomic mass is 9.85. The van der Waals surface area contributed by atoms with Crippen LogP contribution in [0.3, 0.4) is 0 Å². The summed E-state index contributed by atoms with van der Waals surface area (Å²) in [7, 11) is 0. The van der Waals surface area contributed by atoms with Crippen LogP contribution in [0.15, 0.2) is 72.8 Å². The summed E-state index contributed by atoms with van der Waals surface area (Å²) in [5.74, 6) is -4.90. The Balaban J connectivity index is 2.12. The molecule has 0 saturated carbocycles. The van der Waals surface area contributed by atoms with Crippen molar-refractivity contribution in [2.45, 2.75) is 49.8 Å². The van der Waals surface area contributed by atoms with Crippen LogP contribution >= 0.6 is 0 Å². The van der Waals surface area contributed by atoms with Gasteiger partial charge in [-0.15, -0.1) is 26.3 Å². The van der Waals surface area contributed by atoms with E-state index in [4.69, 9.17) is 11.5 Å². The van der Waals surface area contributed by atoms with Crippen molar-refractivity contribution in [3.8, 4) is 56.0 Å². The number of hydrogen-bond donors (Lipinski definition) is 2. The standard InChI is InChI=1S/C38H16F24N2O2/c39-31(40,41)23-5-13(63)1-3-15(23)17-7-19(27(35(51,52)53)10-25(17)33(45,46)47)21-9-22(30(66-38(60,61)62)12-29(21)65-37(57,58)59)20-8-18(16-4-2-14(64)6-24(16)32(42,43)44)26(34(48,49)50)11-28(20)36(54,55)56/h1-12H,63-64H2. The van der Waals surface area contributed by atoms with Gasteiger partial charge < -0.3 is 20.9 Å². The molecule has 5 aromatic rings. The highest BCUT2D eigenvalue weighted by Crippen LogP contribution is 2.55. The number of halogens is 24. The molecule has 0 aliphatic carbocycles. The number of hydrogen-bond acceptors (Lipinski definition) is 4. The average molecular weight is 989 g/mol. The first-order valence-electron chi connectivity index (χ1n) is 16.9. The van der Waals surface area contributed by atoms with Crippen LogP contribution in [-0.4, -0.2) is 12.7 Å². The molecule has 0 spiro atoms. The lowest BCUT2D eigenvalue weighted by Gasteiger charge is -2.26. The van der Waals surface area contributed by atoms with Crippen molar-refractivity contribution < 1.29 is 115 Å².